The number of rotatable bonds is 18. The van der Waals surface area contributed by atoms with E-state index in [1.54, 1.807) is 26.8 Å². The van der Waals surface area contributed by atoms with Gasteiger partial charge in [-0.15, -0.1) is 0 Å². The number of carbonyl (C=O) groups is 3. The molecule has 3 rings (SSSR count). The van der Waals surface area contributed by atoms with Gasteiger partial charge in [0.25, 0.3) is 5.91 Å². The minimum absolute atomic E-state index is 0.00729. The number of hydrogen-bond donors (Lipinski definition) is 4. The van der Waals surface area contributed by atoms with Gasteiger partial charge >= 0.3 is 12.1 Å². The lowest BCUT2D eigenvalue weighted by Crippen LogP contribution is -2.41. The van der Waals surface area contributed by atoms with Crippen molar-refractivity contribution in [3.63, 3.8) is 0 Å². The van der Waals surface area contributed by atoms with Crippen molar-refractivity contribution in [3.05, 3.63) is 47.5 Å². The van der Waals surface area contributed by atoms with Crippen LogP contribution in [0.2, 0.25) is 0 Å². The molecule has 1 atom stereocenters. The Morgan fingerprint density at radius 1 is 0.980 bits per heavy atom. The van der Waals surface area contributed by atoms with Gasteiger partial charge in [0.2, 0.25) is 0 Å². The predicted octanol–water partition coefficient (Wildman–Crippen LogP) is 3.38. The Morgan fingerprint density at radius 3 is 2.36 bits per heavy atom. The molecule has 0 bridgehead atoms. The van der Waals surface area contributed by atoms with Crippen LogP contribution in [0.4, 0.5) is 10.5 Å². The number of aliphatic imine (C=N–C) groups is 1. The quantitative estimate of drug-likeness (QED) is 0.0445. The van der Waals surface area contributed by atoms with Crippen LogP contribution in [-0.4, -0.2) is 94.8 Å². The molecule has 0 saturated carbocycles. The van der Waals surface area contributed by atoms with Crippen LogP contribution in [-0.2, 0) is 28.5 Å². The Hall–Kier alpha value is -4.87. The molecule has 14 nitrogen and oxygen atoms in total. The number of fused-ring (bicyclic) bond motifs is 1. The van der Waals surface area contributed by atoms with E-state index in [4.69, 9.17) is 30.4 Å². The van der Waals surface area contributed by atoms with E-state index in [2.05, 4.69) is 38.7 Å². The summed E-state index contributed by atoms with van der Waals surface area (Å²) in [5.41, 5.74) is 12.0. The number of alkyl carbamates (subject to hydrolysis) is 1. The molecule has 2 aromatic rings. The zero-order valence-electron chi connectivity index (χ0n) is 29.4. The van der Waals surface area contributed by atoms with Crippen LogP contribution in [0.5, 0.6) is 0 Å². The number of amides is 2. The average molecular weight is 694 g/mol. The number of nitrogens with one attached hydrogen (secondary N) is 2. The summed E-state index contributed by atoms with van der Waals surface area (Å²) in [4.78, 5) is 43.4. The van der Waals surface area contributed by atoms with Crippen LogP contribution in [0.15, 0.2) is 47.0 Å². The van der Waals surface area contributed by atoms with Crippen molar-refractivity contribution in [3.8, 4) is 6.07 Å². The molecule has 0 unspecified atom stereocenters. The average Bonchev–Trinajstić information content (AvgIpc) is 3.06. The summed E-state index contributed by atoms with van der Waals surface area (Å²) in [7, 11) is 0. The number of nitrogens with zero attached hydrogens (tertiary/aromatic N) is 3. The van der Waals surface area contributed by atoms with Gasteiger partial charge in [-0.3, -0.25) is 14.6 Å². The molecule has 2 amide bonds. The molecule has 6 N–H and O–H groups in total. The summed E-state index contributed by atoms with van der Waals surface area (Å²) in [5.74, 6) is -1.09. The highest BCUT2D eigenvalue weighted by Crippen LogP contribution is 2.26. The molecule has 1 fully saturated rings. The standard InChI is InChI=1S/C36H51N7O7/c1-36(2,3)50-35(46)42-30(11-12-41-34(38)39)24-32(44)49-20-19-48-18-17-47-16-13-40-33(45)29(25-37)22-26-7-8-28-23-31(10-9-27(28)21-26)43-14-5-4-6-15-43/h7-10,21-23,30H,4-6,11-20,24H2,1-3H3,(H,40,45)(H,42,46)(H4,38,39,41)/b29-22+/t30-/m0/s1. The van der Waals surface area contributed by atoms with Gasteiger partial charge < -0.3 is 45.9 Å². The van der Waals surface area contributed by atoms with Crippen LogP contribution in [0.25, 0.3) is 16.8 Å². The number of anilines is 1. The van der Waals surface area contributed by atoms with Gasteiger partial charge in [0.1, 0.15) is 23.9 Å². The highest BCUT2D eigenvalue weighted by Gasteiger charge is 2.22. The molecule has 0 aliphatic carbocycles. The SMILES string of the molecule is CC(C)(C)OC(=O)N[C@@H](CCN=C(N)N)CC(=O)OCCOCCOCCNC(=O)/C(C#N)=C/c1ccc2cc(N3CCCCC3)ccc2c1. The van der Waals surface area contributed by atoms with E-state index in [-0.39, 0.29) is 64.1 Å². The van der Waals surface area contributed by atoms with Crippen molar-refractivity contribution >= 4 is 46.5 Å². The first-order valence-corrected chi connectivity index (χ1v) is 17.0. The Bertz CT molecular complexity index is 1520. The van der Waals surface area contributed by atoms with Crippen LogP contribution in [0, 0.1) is 11.3 Å². The summed E-state index contributed by atoms with van der Waals surface area (Å²) in [5, 5.41) is 17.1. The summed E-state index contributed by atoms with van der Waals surface area (Å²) in [6.45, 7) is 8.69. The predicted molar refractivity (Wildman–Crippen MR) is 192 cm³/mol. The molecule has 1 saturated heterocycles. The Kier molecular flexibility index (Phi) is 16.3. The third-order valence-corrected chi connectivity index (χ3v) is 7.55. The van der Waals surface area contributed by atoms with Gasteiger partial charge in [-0.25, -0.2) is 4.79 Å². The molecule has 0 aromatic heterocycles. The molecule has 0 radical (unpaired) electrons. The lowest BCUT2D eigenvalue weighted by atomic mass is 10.0. The summed E-state index contributed by atoms with van der Waals surface area (Å²) in [6.07, 6.45) is 4.85. The van der Waals surface area contributed by atoms with Crippen molar-refractivity contribution < 1.29 is 33.3 Å². The molecule has 1 aliphatic rings. The van der Waals surface area contributed by atoms with Crippen molar-refractivity contribution in [2.24, 2.45) is 16.5 Å². The van der Waals surface area contributed by atoms with E-state index in [1.807, 2.05) is 24.3 Å². The highest BCUT2D eigenvalue weighted by molar-refractivity contribution is 6.02. The Labute approximate surface area is 294 Å². The van der Waals surface area contributed by atoms with Gasteiger partial charge in [-0.2, -0.15) is 5.26 Å². The first kappa shape index (κ1) is 39.6. The number of carbonyl (C=O) groups excluding carboxylic acids is 3. The van der Waals surface area contributed by atoms with Crippen LogP contribution >= 0.6 is 0 Å². The fourth-order valence-electron chi connectivity index (χ4n) is 5.18. The van der Waals surface area contributed by atoms with Gasteiger partial charge in [-0.05, 0) is 87.1 Å². The number of benzene rings is 2. The number of ether oxygens (including phenoxy) is 4. The van der Waals surface area contributed by atoms with Crippen LogP contribution < -0.4 is 27.0 Å². The Morgan fingerprint density at radius 2 is 1.66 bits per heavy atom. The summed E-state index contributed by atoms with van der Waals surface area (Å²) >= 11 is 0. The van der Waals surface area contributed by atoms with E-state index < -0.39 is 29.6 Å². The maximum Gasteiger partial charge on any atom is 0.407 e. The van der Waals surface area contributed by atoms with Gasteiger partial charge in [0.15, 0.2) is 5.96 Å². The van der Waals surface area contributed by atoms with E-state index in [1.165, 1.54) is 24.9 Å². The zero-order chi connectivity index (χ0) is 36.4. The minimum Gasteiger partial charge on any atom is -0.463 e. The fourth-order valence-corrected chi connectivity index (χ4v) is 5.18. The molecule has 1 aliphatic heterocycles. The first-order chi connectivity index (χ1) is 23.9. The number of hydrogen-bond acceptors (Lipinski definition) is 10. The second kappa shape index (κ2) is 20.6. The topological polar surface area (TPSA) is 204 Å². The molecular weight excluding hydrogens is 642 g/mol. The summed E-state index contributed by atoms with van der Waals surface area (Å²) in [6, 6.07) is 13.7. The smallest absolute Gasteiger partial charge is 0.407 e. The number of piperidine rings is 1. The van der Waals surface area contributed by atoms with Gasteiger partial charge in [0, 0.05) is 37.9 Å². The third kappa shape index (κ3) is 15.1. The van der Waals surface area contributed by atoms with Crippen LogP contribution in [0.1, 0.15) is 58.4 Å². The highest BCUT2D eigenvalue weighted by atomic mass is 16.6. The lowest BCUT2D eigenvalue weighted by Gasteiger charge is -2.29. The van der Waals surface area contributed by atoms with E-state index in [9.17, 15) is 19.6 Å². The normalized spacial score (nSPS) is 14.0. The zero-order valence-corrected chi connectivity index (χ0v) is 29.4. The molecule has 1 heterocycles. The molecule has 272 valence electrons. The maximum atomic E-state index is 12.6. The summed E-state index contributed by atoms with van der Waals surface area (Å²) < 4.78 is 21.4. The number of guanidine groups is 1. The first-order valence-electron chi connectivity index (χ1n) is 17.0. The van der Waals surface area contributed by atoms with Crippen molar-refractivity contribution in [2.75, 3.05) is 64.1 Å². The maximum absolute atomic E-state index is 12.6. The third-order valence-electron chi connectivity index (χ3n) is 7.55. The van der Waals surface area contributed by atoms with Crippen molar-refractivity contribution in [1.82, 2.24) is 10.6 Å². The number of esters is 1. The largest absolute Gasteiger partial charge is 0.463 e. The Balaban J connectivity index is 1.30. The van der Waals surface area contributed by atoms with E-state index in [0.717, 1.165) is 29.4 Å². The molecular formula is C36H51N7O7. The second-order valence-electron chi connectivity index (χ2n) is 12.9. The number of nitriles is 1. The molecule has 14 heteroatoms. The fraction of sp³-hybridized carbons (Fsp3) is 0.528. The van der Waals surface area contributed by atoms with E-state index >= 15 is 0 Å². The molecule has 50 heavy (non-hydrogen) atoms. The molecule has 2 aromatic carbocycles. The van der Waals surface area contributed by atoms with E-state index in [0.29, 0.717) is 6.42 Å². The lowest BCUT2D eigenvalue weighted by molar-refractivity contribution is -0.146. The van der Waals surface area contributed by atoms with Crippen LogP contribution in [0.3, 0.4) is 0 Å². The molecule has 0 spiro atoms. The monoisotopic (exact) mass is 693 g/mol. The van der Waals surface area contributed by atoms with Gasteiger partial charge in [-0.1, -0.05) is 18.2 Å². The van der Waals surface area contributed by atoms with Gasteiger partial charge in [0.05, 0.1) is 32.8 Å². The number of nitrogens with two attached hydrogens (primary N) is 2. The van der Waals surface area contributed by atoms with Crippen molar-refractivity contribution in [1.29, 1.82) is 5.26 Å². The minimum atomic E-state index is -0.695. The second-order valence-corrected chi connectivity index (χ2v) is 12.9. The van der Waals surface area contributed by atoms with Crippen molar-refractivity contribution in [2.45, 2.75) is 64.5 Å².